The number of aromatic nitrogens is 6. The number of rotatable bonds is 3. The van der Waals surface area contributed by atoms with E-state index < -0.39 is 0 Å². The summed E-state index contributed by atoms with van der Waals surface area (Å²) in [6.07, 6.45) is 4.67. The van der Waals surface area contributed by atoms with Gasteiger partial charge in [-0.1, -0.05) is 36.4 Å². The molecule has 4 aromatic rings. The zero-order valence-electron chi connectivity index (χ0n) is 18.1. The van der Waals surface area contributed by atoms with Gasteiger partial charge < -0.3 is 10.0 Å². The average molecular weight is 445 g/mol. The molecule has 4 heterocycles. The van der Waals surface area contributed by atoms with E-state index in [9.17, 15) is 4.79 Å². The smallest absolute Gasteiger partial charge is 0.290 e. The molecular formula is C23H23N7O3. The number of pyridine rings is 1. The topological polar surface area (TPSA) is 119 Å². The molecule has 5 rings (SSSR count). The first-order valence-corrected chi connectivity index (χ1v) is 10.4. The van der Waals surface area contributed by atoms with Crippen LogP contribution < -0.4 is 0 Å². The molecule has 0 aliphatic carbocycles. The fraction of sp³-hybridized carbons (Fsp3) is 0.217. The quantitative estimate of drug-likeness (QED) is 0.479. The molecule has 1 aliphatic heterocycles. The van der Waals surface area contributed by atoms with Gasteiger partial charge in [-0.15, -0.1) is 10.2 Å². The third-order valence-corrected chi connectivity index (χ3v) is 5.50. The van der Waals surface area contributed by atoms with Crippen LogP contribution in [0.2, 0.25) is 0 Å². The van der Waals surface area contributed by atoms with E-state index in [0.29, 0.717) is 24.6 Å². The first kappa shape index (κ1) is 21.9. The zero-order valence-corrected chi connectivity index (χ0v) is 18.1. The van der Waals surface area contributed by atoms with E-state index in [2.05, 4.69) is 27.3 Å². The molecule has 168 valence electrons. The number of hydrogen-bond acceptors (Lipinski definition) is 6. The molecule has 1 N–H and O–H groups in total. The second kappa shape index (κ2) is 9.86. The number of carbonyl (C=O) groups excluding carboxylic acids is 1. The van der Waals surface area contributed by atoms with Gasteiger partial charge in [0.1, 0.15) is 24.2 Å². The molecule has 0 saturated heterocycles. The van der Waals surface area contributed by atoms with Gasteiger partial charge in [0.25, 0.3) is 12.4 Å². The Morgan fingerprint density at radius 2 is 1.70 bits per heavy atom. The van der Waals surface area contributed by atoms with Crippen molar-refractivity contribution in [3.8, 4) is 17.1 Å². The Hall–Kier alpha value is -4.34. The molecule has 33 heavy (non-hydrogen) atoms. The van der Waals surface area contributed by atoms with Gasteiger partial charge in [-0.05, 0) is 18.6 Å². The molecule has 0 unspecified atom stereocenters. The molecule has 1 amide bonds. The van der Waals surface area contributed by atoms with E-state index in [1.807, 2.05) is 47.0 Å². The first-order chi connectivity index (χ1) is 16.1. The molecule has 1 aromatic carbocycles. The number of fused-ring (bicyclic) bond motifs is 1. The summed E-state index contributed by atoms with van der Waals surface area (Å²) in [6.45, 7) is 1.02. The van der Waals surface area contributed by atoms with Crippen molar-refractivity contribution in [2.45, 2.75) is 12.8 Å². The molecule has 0 bridgehead atoms. The summed E-state index contributed by atoms with van der Waals surface area (Å²) >= 11 is 0. The maximum atomic E-state index is 13.2. The number of carboxylic acid groups (broad SMARTS) is 1. The lowest BCUT2D eigenvalue weighted by molar-refractivity contribution is -0.122. The number of nitrogens with zero attached hydrogens (tertiary/aromatic N) is 7. The minimum atomic E-state index is -0.250. The van der Waals surface area contributed by atoms with Gasteiger partial charge in [-0.2, -0.15) is 5.10 Å². The number of aryl methyl sites for hydroxylation is 1. The second-order valence-electron chi connectivity index (χ2n) is 7.41. The lowest BCUT2D eigenvalue weighted by atomic mass is 10.0. The molecule has 3 aromatic heterocycles. The lowest BCUT2D eigenvalue weighted by Crippen LogP contribution is -2.34. The van der Waals surface area contributed by atoms with Gasteiger partial charge in [0.05, 0.1) is 5.69 Å². The Labute approximate surface area is 190 Å². The fourth-order valence-corrected chi connectivity index (χ4v) is 3.98. The summed E-state index contributed by atoms with van der Waals surface area (Å²) in [6, 6.07) is 15.6. The van der Waals surface area contributed by atoms with Crippen molar-refractivity contribution in [1.29, 1.82) is 0 Å². The molecule has 0 radical (unpaired) electrons. The van der Waals surface area contributed by atoms with E-state index in [-0.39, 0.29) is 12.4 Å². The number of amides is 1. The van der Waals surface area contributed by atoms with Crippen molar-refractivity contribution in [1.82, 2.24) is 34.4 Å². The Morgan fingerprint density at radius 1 is 1.00 bits per heavy atom. The highest BCUT2D eigenvalue weighted by atomic mass is 16.3. The minimum absolute atomic E-state index is 0.0630. The third kappa shape index (κ3) is 4.64. The summed E-state index contributed by atoms with van der Waals surface area (Å²) in [5.74, 6) is 0.562. The summed E-state index contributed by atoms with van der Waals surface area (Å²) in [5, 5.41) is 19.3. The third-order valence-electron chi connectivity index (χ3n) is 5.50. The molecule has 10 nitrogen and oxygen atoms in total. The van der Waals surface area contributed by atoms with E-state index in [0.717, 1.165) is 24.1 Å². The lowest BCUT2D eigenvalue weighted by Gasteiger charge is -2.20. The van der Waals surface area contributed by atoms with Crippen LogP contribution in [-0.4, -0.2) is 65.0 Å². The predicted molar refractivity (Wildman–Crippen MR) is 120 cm³/mol. The zero-order chi connectivity index (χ0) is 23.2. The molecule has 0 atom stereocenters. The maximum Gasteiger partial charge on any atom is 0.290 e. The Morgan fingerprint density at radius 3 is 2.42 bits per heavy atom. The van der Waals surface area contributed by atoms with Crippen molar-refractivity contribution in [3.63, 3.8) is 0 Å². The monoisotopic (exact) mass is 445 g/mol. The van der Waals surface area contributed by atoms with Gasteiger partial charge in [0, 0.05) is 43.4 Å². The number of benzene rings is 1. The van der Waals surface area contributed by atoms with Crippen LogP contribution in [0.25, 0.3) is 17.1 Å². The van der Waals surface area contributed by atoms with Gasteiger partial charge in [-0.25, -0.2) is 4.98 Å². The number of carbonyl (C=O) groups is 2. The van der Waals surface area contributed by atoms with E-state index in [1.165, 1.54) is 11.3 Å². The van der Waals surface area contributed by atoms with Crippen LogP contribution in [-0.2, 0) is 24.7 Å². The average Bonchev–Trinajstić information content (AvgIpc) is 3.43. The highest BCUT2D eigenvalue weighted by Gasteiger charge is 2.25. The summed E-state index contributed by atoms with van der Waals surface area (Å²) < 4.78 is 3.64. The molecule has 0 saturated carbocycles. The molecule has 0 fully saturated rings. The fourth-order valence-electron chi connectivity index (χ4n) is 3.98. The Balaban J connectivity index is 0.000000821. The Bertz CT molecular complexity index is 1240. The van der Waals surface area contributed by atoms with Crippen LogP contribution in [0.15, 0.2) is 61.2 Å². The summed E-state index contributed by atoms with van der Waals surface area (Å²) in [7, 11) is 1.98. The summed E-state index contributed by atoms with van der Waals surface area (Å²) in [4.78, 5) is 27.9. The van der Waals surface area contributed by atoms with Crippen LogP contribution in [0.4, 0.5) is 0 Å². The van der Waals surface area contributed by atoms with Crippen molar-refractivity contribution in [3.05, 3.63) is 78.1 Å². The van der Waals surface area contributed by atoms with Crippen LogP contribution in [0.5, 0.6) is 0 Å². The highest BCUT2D eigenvalue weighted by Crippen LogP contribution is 2.28. The molecule has 10 heteroatoms. The van der Waals surface area contributed by atoms with Crippen molar-refractivity contribution in [2.75, 3.05) is 13.1 Å². The predicted octanol–water partition coefficient (Wildman–Crippen LogP) is 2.00. The molecule has 1 aliphatic rings. The van der Waals surface area contributed by atoms with Crippen LogP contribution in [0, 0.1) is 0 Å². The second-order valence-corrected chi connectivity index (χ2v) is 7.41. The van der Waals surface area contributed by atoms with Gasteiger partial charge in [0.2, 0.25) is 0 Å². The van der Waals surface area contributed by atoms with E-state index in [1.54, 1.807) is 23.3 Å². The summed E-state index contributed by atoms with van der Waals surface area (Å²) in [5.41, 5.74) is 4.96. The number of hydrogen-bond donors (Lipinski definition) is 1. The van der Waals surface area contributed by atoms with Crippen LogP contribution >= 0.6 is 0 Å². The normalized spacial score (nSPS) is 12.8. The van der Waals surface area contributed by atoms with Crippen molar-refractivity contribution in [2.24, 2.45) is 7.05 Å². The maximum absolute atomic E-state index is 13.2. The molecule has 0 spiro atoms. The van der Waals surface area contributed by atoms with Gasteiger partial charge >= 0.3 is 0 Å². The van der Waals surface area contributed by atoms with Crippen LogP contribution in [0.1, 0.15) is 21.7 Å². The molecular weight excluding hydrogens is 422 g/mol. The van der Waals surface area contributed by atoms with Gasteiger partial charge in [-0.3, -0.25) is 18.8 Å². The van der Waals surface area contributed by atoms with Crippen molar-refractivity contribution < 1.29 is 14.7 Å². The largest absolute Gasteiger partial charge is 0.483 e. The van der Waals surface area contributed by atoms with Crippen molar-refractivity contribution >= 4 is 12.4 Å². The highest BCUT2D eigenvalue weighted by molar-refractivity contribution is 5.92. The minimum Gasteiger partial charge on any atom is -0.483 e. The first-order valence-electron chi connectivity index (χ1n) is 10.4. The van der Waals surface area contributed by atoms with Crippen LogP contribution in [0.3, 0.4) is 0 Å². The van der Waals surface area contributed by atoms with E-state index >= 15 is 0 Å². The SMILES string of the molecule is Cn1nc(-c2ccccc2)c2c1CCN(C(=O)c1cccc(-n3cnnc3)n1)CC2.O=CO. The Kier molecular flexibility index (Phi) is 6.53. The standard InChI is InChI=1S/C22H21N7O.CH2O2/c1-27-19-11-13-28(12-10-17(19)21(26-27)16-6-3-2-4-7-16)22(30)18-8-5-9-20(25-18)29-14-23-24-15-29;2-1-3/h2-9,14-15H,10-13H2,1H3;1H,(H,2,3). The van der Waals surface area contributed by atoms with E-state index in [4.69, 9.17) is 15.0 Å². The van der Waals surface area contributed by atoms with Gasteiger partial charge in [0.15, 0.2) is 0 Å².